The summed E-state index contributed by atoms with van der Waals surface area (Å²) in [6.45, 7) is 0. The minimum atomic E-state index is -4.38. The van der Waals surface area contributed by atoms with Gasteiger partial charge in [0, 0.05) is 23.5 Å². The first kappa shape index (κ1) is 16.9. The molecular formula is C21H12F3N3S. The lowest BCUT2D eigenvalue weighted by molar-refractivity contribution is -0.137. The number of imidazole rings is 1. The second-order valence-corrected chi connectivity index (χ2v) is 7.41. The van der Waals surface area contributed by atoms with Crippen molar-refractivity contribution in [3.8, 4) is 21.8 Å². The van der Waals surface area contributed by atoms with Gasteiger partial charge in [0.15, 0.2) is 0 Å². The van der Waals surface area contributed by atoms with Crippen LogP contribution in [-0.4, -0.2) is 14.4 Å². The van der Waals surface area contributed by atoms with Gasteiger partial charge in [-0.25, -0.2) is 9.97 Å². The molecule has 0 aliphatic carbocycles. The van der Waals surface area contributed by atoms with E-state index in [0.717, 1.165) is 38.6 Å². The number of benzene rings is 2. The fourth-order valence-electron chi connectivity index (χ4n) is 3.11. The van der Waals surface area contributed by atoms with Gasteiger partial charge in [0.25, 0.3) is 0 Å². The second kappa shape index (κ2) is 6.17. The van der Waals surface area contributed by atoms with E-state index in [2.05, 4.69) is 9.97 Å². The molecule has 0 bridgehead atoms. The van der Waals surface area contributed by atoms with Crippen molar-refractivity contribution in [1.29, 1.82) is 0 Å². The van der Waals surface area contributed by atoms with E-state index < -0.39 is 11.7 Å². The van der Waals surface area contributed by atoms with Crippen LogP contribution in [-0.2, 0) is 6.18 Å². The third kappa shape index (κ3) is 2.93. The molecule has 28 heavy (non-hydrogen) atoms. The van der Waals surface area contributed by atoms with E-state index in [1.54, 1.807) is 17.5 Å². The summed E-state index contributed by atoms with van der Waals surface area (Å²) in [4.78, 5) is 9.13. The largest absolute Gasteiger partial charge is 0.417 e. The fourth-order valence-corrected chi connectivity index (χ4v) is 4.07. The molecule has 0 amide bonds. The summed E-state index contributed by atoms with van der Waals surface area (Å²) in [5, 5.41) is 0.895. The quantitative estimate of drug-likeness (QED) is 0.351. The Morgan fingerprint density at radius 1 is 0.821 bits per heavy atom. The van der Waals surface area contributed by atoms with Gasteiger partial charge in [0.1, 0.15) is 10.7 Å². The molecule has 138 valence electrons. The molecule has 0 aliphatic heterocycles. The molecule has 3 heterocycles. The summed E-state index contributed by atoms with van der Waals surface area (Å²) < 4.78 is 41.3. The van der Waals surface area contributed by atoms with Crippen LogP contribution in [0.3, 0.4) is 0 Å². The topological polar surface area (TPSA) is 30.2 Å². The first-order valence-corrected chi connectivity index (χ1v) is 9.31. The van der Waals surface area contributed by atoms with Crippen molar-refractivity contribution in [3.05, 3.63) is 78.6 Å². The zero-order valence-corrected chi connectivity index (χ0v) is 15.1. The van der Waals surface area contributed by atoms with Crippen LogP contribution in [0.1, 0.15) is 5.56 Å². The first-order chi connectivity index (χ1) is 13.5. The molecule has 0 saturated carbocycles. The number of hydrogen-bond acceptors (Lipinski definition) is 3. The van der Waals surface area contributed by atoms with E-state index >= 15 is 0 Å². The molecule has 3 nitrogen and oxygen atoms in total. The monoisotopic (exact) mass is 395 g/mol. The Morgan fingerprint density at radius 2 is 1.64 bits per heavy atom. The fraction of sp³-hybridized carbons (Fsp3) is 0.0476. The van der Waals surface area contributed by atoms with Gasteiger partial charge in [-0.05, 0) is 30.3 Å². The number of alkyl halides is 3. The highest BCUT2D eigenvalue weighted by Gasteiger charge is 2.30. The van der Waals surface area contributed by atoms with Crippen LogP contribution in [0, 0.1) is 0 Å². The predicted molar refractivity (Wildman–Crippen MR) is 104 cm³/mol. The zero-order valence-electron chi connectivity index (χ0n) is 14.3. The Morgan fingerprint density at radius 3 is 2.46 bits per heavy atom. The number of thiazole rings is 1. The standard InChI is InChI=1S/C21H12F3N3S/c22-21(23,24)15-8-9-19-25-17(12-27(19)11-15)13-4-3-5-14(10-13)20-26-16-6-1-2-7-18(16)28-20/h1-12H. The molecule has 5 aromatic rings. The lowest BCUT2D eigenvalue weighted by Crippen LogP contribution is -2.05. The third-order valence-electron chi connectivity index (χ3n) is 4.48. The molecule has 0 radical (unpaired) electrons. The van der Waals surface area contributed by atoms with E-state index in [0.29, 0.717) is 11.3 Å². The third-order valence-corrected chi connectivity index (χ3v) is 5.56. The van der Waals surface area contributed by atoms with Crippen LogP contribution < -0.4 is 0 Å². The van der Waals surface area contributed by atoms with Crippen molar-refractivity contribution >= 4 is 27.2 Å². The Labute approximate surface area is 161 Å². The highest BCUT2D eigenvalue weighted by atomic mass is 32.1. The van der Waals surface area contributed by atoms with E-state index in [9.17, 15) is 13.2 Å². The Balaban J connectivity index is 1.57. The molecule has 3 aromatic heterocycles. The van der Waals surface area contributed by atoms with Crippen LogP contribution in [0.4, 0.5) is 13.2 Å². The van der Waals surface area contributed by atoms with Crippen molar-refractivity contribution < 1.29 is 13.2 Å². The van der Waals surface area contributed by atoms with Crippen molar-refractivity contribution in [1.82, 2.24) is 14.4 Å². The van der Waals surface area contributed by atoms with Crippen LogP contribution >= 0.6 is 11.3 Å². The van der Waals surface area contributed by atoms with Gasteiger partial charge in [0.05, 0.1) is 21.5 Å². The van der Waals surface area contributed by atoms with Crippen molar-refractivity contribution in [2.45, 2.75) is 6.18 Å². The number of hydrogen-bond donors (Lipinski definition) is 0. The number of aromatic nitrogens is 3. The Bertz CT molecular complexity index is 1280. The number of nitrogens with zero attached hydrogens (tertiary/aromatic N) is 3. The van der Waals surface area contributed by atoms with Gasteiger partial charge >= 0.3 is 6.18 Å². The lowest BCUT2D eigenvalue weighted by Gasteiger charge is -2.05. The smallest absolute Gasteiger partial charge is 0.306 e. The Hall–Kier alpha value is -3.19. The minimum absolute atomic E-state index is 0.466. The van der Waals surface area contributed by atoms with E-state index in [4.69, 9.17) is 0 Å². The molecule has 5 rings (SSSR count). The number of para-hydroxylation sites is 1. The average Bonchev–Trinajstić information content (AvgIpc) is 3.31. The van der Waals surface area contributed by atoms with Crippen LogP contribution in [0.2, 0.25) is 0 Å². The van der Waals surface area contributed by atoms with Gasteiger partial charge < -0.3 is 4.40 Å². The van der Waals surface area contributed by atoms with Crippen molar-refractivity contribution in [2.75, 3.05) is 0 Å². The molecule has 0 saturated heterocycles. The maximum atomic E-state index is 12.9. The molecule has 0 aliphatic rings. The summed E-state index contributed by atoms with van der Waals surface area (Å²) >= 11 is 1.60. The summed E-state index contributed by atoms with van der Waals surface area (Å²) in [5.74, 6) is 0. The summed E-state index contributed by atoms with van der Waals surface area (Å²) in [6.07, 6.45) is -1.71. The zero-order chi connectivity index (χ0) is 19.3. The number of fused-ring (bicyclic) bond motifs is 2. The molecule has 0 atom stereocenters. The van der Waals surface area contributed by atoms with Crippen molar-refractivity contribution in [3.63, 3.8) is 0 Å². The molecule has 0 unspecified atom stereocenters. The predicted octanol–water partition coefficient (Wildman–Crippen LogP) is 6.30. The van der Waals surface area contributed by atoms with Gasteiger partial charge in [-0.1, -0.05) is 30.3 Å². The Kier molecular flexibility index (Phi) is 3.73. The maximum absolute atomic E-state index is 12.9. The van der Waals surface area contributed by atoms with Gasteiger partial charge in [-0.3, -0.25) is 0 Å². The molecule has 0 fully saturated rings. The lowest BCUT2D eigenvalue weighted by atomic mass is 10.1. The highest BCUT2D eigenvalue weighted by Crippen LogP contribution is 2.33. The average molecular weight is 395 g/mol. The second-order valence-electron chi connectivity index (χ2n) is 6.37. The number of rotatable bonds is 2. The molecule has 0 spiro atoms. The molecule has 7 heteroatoms. The van der Waals surface area contributed by atoms with Crippen molar-refractivity contribution in [2.24, 2.45) is 0 Å². The molecular weight excluding hydrogens is 383 g/mol. The van der Waals surface area contributed by atoms with E-state index in [1.807, 2.05) is 48.5 Å². The highest BCUT2D eigenvalue weighted by molar-refractivity contribution is 7.21. The summed E-state index contributed by atoms with van der Waals surface area (Å²) in [5.41, 5.74) is 3.10. The van der Waals surface area contributed by atoms with Crippen LogP contribution in [0.25, 0.3) is 37.7 Å². The summed E-state index contributed by atoms with van der Waals surface area (Å²) in [7, 11) is 0. The van der Waals surface area contributed by atoms with Gasteiger partial charge in [-0.2, -0.15) is 13.2 Å². The van der Waals surface area contributed by atoms with Gasteiger partial charge in [-0.15, -0.1) is 11.3 Å². The molecule has 2 aromatic carbocycles. The van der Waals surface area contributed by atoms with E-state index in [-0.39, 0.29) is 0 Å². The normalized spacial score (nSPS) is 12.1. The number of halogens is 3. The van der Waals surface area contributed by atoms with Crippen LogP contribution in [0.5, 0.6) is 0 Å². The van der Waals surface area contributed by atoms with E-state index in [1.165, 1.54) is 10.5 Å². The van der Waals surface area contributed by atoms with Crippen LogP contribution in [0.15, 0.2) is 73.1 Å². The first-order valence-electron chi connectivity index (χ1n) is 8.50. The maximum Gasteiger partial charge on any atom is 0.417 e. The minimum Gasteiger partial charge on any atom is -0.306 e. The van der Waals surface area contributed by atoms with Gasteiger partial charge in [0.2, 0.25) is 0 Å². The summed E-state index contributed by atoms with van der Waals surface area (Å²) in [6, 6.07) is 18.1. The molecule has 0 N–H and O–H groups in total. The number of pyridine rings is 1. The SMILES string of the molecule is FC(F)(F)c1ccc2nc(-c3cccc(-c4nc5ccccc5s4)c3)cn2c1.